The Morgan fingerprint density at radius 3 is 2.52 bits per heavy atom. The van der Waals surface area contributed by atoms with E-state index in [4.69, 9.17) is 0 Å². The van der Waals surface area contributed by atoms with Gasteiger partial charge in [-0.2, -0.15) is 0 Å². The van der Waals surface area contributed by atoms with E-state index in [1.165, 1.54) is 29.0 Å². The van der Waals surface area contributed by atoms with Crippen molar-refractivity contribution >= 4 is 17.2 Å². The van der Waals surface area contributed by atoms with Gasteiger partial charge in [-0.3, -0.25) is 4.79 Å². The minimum atomic E-state index is -0.287. The number of carbonyl (C=O) groups excluding carboxylic acids is 1. The molecule has 2 aromatic carbocycles. The van der Waals surface area contributed by atoms with Crippen molar-refractivity contribution in [3.8, 4) is 10.6 Å². The first kappa shape index (κ1) is 17.3. The molecule has 0 saturated heterocycles. The molecule has 3 aromatic rings. The van der Waals surface area contributed by atoms with E-state index < -0.39 is 0 Å². The first-order chi connectivity index (χ1) is 12.0. The van der Waals surface area contributed by atoms with Crippen LogP contribution in [0, 0.1) is 12.7 Å². The molecule has 0 bridgehead atoms. The fourth-order valence-corrected chi connectivity index (χ4v) is 3.54. The quantitative estimate of drug-likeness (QED) is 0.716. The third-order valence-electron chi connectivity index (χ3n) is 4.03. The van der Waals surface area contributed by atoms with Gasteiger partial charge in [0.1, 0.15) is 15.7 Å². The van der Waals surface area contributed by atoms with Crippen LogP contribution in [0.4, 0.5) is 4.39 Å². The Morgan fingerprint density at radius 2 is 1.84 bits per heavy atom. The molecule has 0 unspecified atom stereocenters. The summed E-state index contributed by atoms with van der Waals surface area (Å²) in [5.41, 5.74) is 2.69. The minimum Gasteiger partial charge on any atom is -0.351 e. The number of carbonyl (C=O) groups is 1. The zero-order chi connectivity index (χ0) is 17.8. The molecular formula is C20H19FN2OS. The molecular weight excluding hydrogens is 335 g/mol. The zero-order valence-electron chi connectivity index (χ0n) is 14.1. The Balaban J connectivity index is 1.69. The van der Waals surface area contributed by atoms with Crippen molar-refractivity contribution in [2.24, 2.45) is 0 Å². The highest BCUT2D eigenvalue weighted by molar-refractivity contribution is 7.17. The van der Waals surface area contributed by atoms with Gasteiger partial charge in [-0.1, -0.05) is 37.3 Å². The second-order valence-corrected chi connectivity index (χ2v) is 6.96. The first-order valence-electron chi connectivity index (χ1n) is 8.11. The van der Waals surface area contributed by atoms with Gasteiger partial charge in [0.05, 0.1) is 5.69 Å². The van der Waals surface area contributed by atoms with E-state index in [0.717, 1.165) is 10.6 Å². The molecule has 25 heavy (non-hydrogen) atoms. The predicted octanol–water partition coefficient (Wildman–Crippen LogP) is 4.79. The molecule has 0 fully saturated rings. The number of benzene rings is 2. The Bertz CT molecular complexity index is 859. The van der Waals surface area contributed by atoms with Gasteiger partial charge in [-0.15, -0.1) is 11.3 Å². The number of aromatic nitrogens is 1. The van der Waals surface area contributed by atoms with Crippen molar-refractivity contribution in [2.75, 3.05) is 6.54 Å². The SMILES string of the molecule is Cc1nc(-c2ccc(F)cc2)sc1C(=O)NC[C@H](C)c1ccccc1. The fourth-order valence-electron chi connectivity index (χ4n) is 2.55. The highest BCUT2D eigenvalue weighted by Gasteiger charge is 2.17. The molecule has 1 atom stereocenters. The van der Waals surface area contributed by atoms with Crippen molar-refractivity contribution in [1.82, 2.24) is 10.3 Å². The lowest BCUT2D eigenvalue weighted by Crippen LogP contribution is -2.27. The van der Waals surface area contributed by atoms with E-state index in [2.05, 4.69) is 29.4 Å². The van der Waals surface area contributed by atoms with Crippen molar-refractivity contribution in [2.45, 2.75) is 19.8 Å². The van der Waals surface area contributed by atoms with Crippen LogP contribution in [-0.2, 0) is 0 Å². The predicted molar refractivity (Wildman–Crippen MR) is 99.4 cm³/mol. The van der Waals surface area contributed by atoms with E-state index in [0.29, 0.717) is 17.1 Å². The van der Waals surface area contributed by atoms with Crippen LogP contribution in [-0.4, -0.2) is 17.4 Å². The van der Waals surface area contributed by atoms with Crippen LogP contribution in [0.3, 0.4) is 0 Å². The third kappa shape index (κ3) is 4.12. The van der Waals surface area contributed by atoms with Gasteiger partial charge >= 0.3 is 0 Å². The van der Waals surface area contributed by atoms with Gasteiger partial charge in [0.25, 0.3) is 5.91 Å². The summed E-state index contributed by atoms with van der Waals surface area (Å²) in [7, 11) is 0. The molecule has 3 nitrogen and oxygen atoms in total. The Morgan fingerprint density at radius 1 is 1.16 bits per heavy atom. The van der Waals surface area contributed by atoms with Crippen LogP contribution < -0.4 is 5.32 Å². The molecule has 0 spiro atoms. The Kier molecular flexibility index (Phi) is 5.24. The molecule has 0 saturated carbocycles. The van der Waals surface area contributed by atoms with Crippen molar-refractivity contribution in [3.05, 3.63) is 76.5 Å². The number of aryl methyl sites for hydroxylation is 1. The van der Waals surface area contributed by atoms with Gasteiger partial charge in [0.15, 0.2) is 0 Å². The minimum absolute atomic E-state index is 0.119. The first-order valence-corrected chi connectivity index (χ1v) is 8.92. The van der Waals surface area contributed by atoms with E-state index in [-0.39, 0.29) is 17.6 Å². The van der Waals surface area contributed by atoms with Crippen molar-refractivity contribution in [1.29, 1.82) is 0 Å². The normalized spacial score (nSPS) is 12.0. The van der Waals surface area contributed by atoms with E-state index in [1.807, 2.05) is 25.1 Å². The molecule has 5 heteroatoms. The number of hydrogen-bond donors (Lipinski definition) is 1. The van der Waals surface area contributed by atoms with Gasteiger partial charge in [0.2, 0.25) is 0 Å². The zero-order valence-corrected chi connectivity index (χ0v) is 14.9. The van der Waals surface area contributed by atoms with E-state index in [9.17, 15) is 9.18 Å². The van der Waals surface area contributed by atoms with E-state index in [1.54, 1.807) is 12.1 Å². The van der Waals surface area contributed by atoms with E-state index >= 15 is 0 Å². The molecule has 3 rings (SSSR count). The second-order valence-electron chi connectivity index (χ2n) is 5.96. The summed E-state index contributed by atoms with van der Waals surface area (Å²) in [6.45, 7) is 4.46. The number of nitrogens with one attached hydrogen (secondary N) is 1. The molecule has 0 aliphatic rings. The standard InChI is InChI=1S/C20H19FN2OS/c1-13(15-6-4-3-5-7-15)12-22-19(24)18-14(2)23-20(25-18)16-8-10-17(21)11-9-16/h3-11,13H,12H2,1-2H3,(H,22,24)/t13-/m0/s1. The van der Waals surface area contributed by atoms with Gasteiger partial charge in [-0.25, -0.2) is 9.37 Å². The van der Waals surface area contributed by atoms with Gasteiger partial charge in [-0.05, 0) is 42.7 Å². The average molecular weight is 354 g/mol. The summed E-state index contributed by atoms with van der Waals surface area (Å²) >= 11 is 1.33. The summed E-state index contributed by atoms with van der Waals surface area (Å²) in [5, 5.41) is 3.70. The highest BCUT2D eigenvalue weighted by Crippen LogP contribution is 2.28. The molecule has 128 valence electrons. The van der Waals surface area contributed by atoms with Crippen LogP contribution in [0.1, 0.15) is 33.8 Å². The summed E-state index contributed by atoms with van der Waals surface area (Å²) < 4.78 is 13.0. The lowest BCUT2D eigenvalue weighted by molar-refractivity contribution is 0.0955. The van der Waals surface area contributed by atoms with Crippen LogP contribution in [0.2, 0.25) is 0 Å². The summed E-state index contributed by atoms with van der Waals surface area (Å²) in [6, 6.07) is 16.2. The topological polar surface area (TPSA) is 42.0 Å². The van der Waals surface area contributed by atoms with Crippen LogP contribution >= 0.6 is 11.3 Å². The maximum Gasteiger partial charge on any atom is 0.263 e. The number of amides is 1. The number of halogens is 1. The largest absolute Gasteiger partial charge is 0.351 e. The monoisotopic (exact) mass is 354 g/mol. The number of thiazole rings is 1. The molecule has 0 aliphatic carbocycles. The molecule has 1 N–H and O–H groups in total. The van der Waals surface area contributed by atoms with Crippen LogP contribution in [0.15, 0.2) is 54.6 Å². The fraction of sp³-hybridized carbons (Fsp3) is 0.200. The smallest absolute Gasteiger partial charge is 0.263 e. The number of nitrogens with zero attached hydrogens (tertiary/aromatic N) is 1. The Hall–Kier alpha value is -2.53. The summed E-state index contributed by atoms with van der Waals surface area (Å²) in [5.74, 6) is -0.175. The van der Waals surface area contributed by atoms with Crippen LogP contribution in [0.5, 0.6) is 0 Å². The summed E-state index contributed by atoms with van der Waals surface area (Å²) in [6.07, 6.45) is 0. The van der Waals surface area contributed by atoms with Crippen molar-refractivity contribution in [3.63, 3.8) is 0 Å². The molecule has 1 aromatic heterocycles. The maximum atomic E-state index is 13.0. The van der Waals surface area contributed by atoms with Crippen molar-refractivity contribution < 1.29 is 9.18 Å². The Labute approximate surface area is 150 Å². The van der Waals surface area contributed by atoms with Gasteiger partial charge < -0.3 is 5.32 Å². The molecule has 0 aliphatic heterocycles. The number of hydrogen-bond acceptors (Lipinski definition) is 3. The van der Waals surface area contributed by atoms with Gasteiger partial charge in [0, 0.05) is 12.1 Å². The highest BCUT2D eigenvalue weighted by atomic mass is 32.1. The third-order valence-corrected chi connectivity index (χ3v) is 5.24. The summed E-state index contributed by atoms with van der Waals surface area (Å²) in [4.78, 5) is 17.5. The number of rotatable bonds is 5. The van der Waals surface area contributed by atoms with Crippen LogP contribution in [0.25, 0.3) is 10.6 Å². The second kappa shape index (κ2) is 7.57. The molecule has 1 heterocycles. The lowest BCUT2D eigenvalue weighted by Gasteiger charge is -2.12. The maximum absolute atomic E-state index is 13.0. The molecule has 1 amide bonds. The molecule has 0 radical (unpaired) electrons. The lowest BCUT2D eigenvalue weighted by atomic mass is 10.0. The average Bonchev–Trinajstić information content (AvgIpc) is 3.02.